The number of aryl methyl sites for hydroxylation is 1. The predicted octanol–water partition coefficient (Wildman–Crippen LogP) is 2.54. The molecule has 0 bridgehead atoms. The van der Waals surface area contributed by atoms with Crippen LogP contribution in [0.5, 0.6) is 0 Å². The third kappa shape index (κ3) is 4.27. The van der Waals surface area contributed by atoms with E-state index in [-0.39, 0.29) is 11.9 Å². The van der Waals surface area contributed by atoms with Crippen molar-refractivity contribution in [2.24, 2.45) is 0 Å². The lowest BCUT2D eigenvalue weighted by Crippen LogP contribution is -2.25. The molecular weight excluding hydrogens is 264 g/mol. The molecule has 0 atom stereocenters. The van der Waals surface area contributed by atoms with Gasteiger partial charge in [0.1, 0.15) is 0 Å². The number of nitrogens with zero attached hydrogens (tertiary/aromatic N) is 2. The first-order valence-electron chi connectivity index (χ1n) is 6.97. The Kier molecular flexibility index (Phi) is 4.87. The number of hydrogen-bond acceptors (Lipinski definition) is 4. The molecule has 0 aliphatic carbocycles. The normalized spacial score (nSPS) is 10.5. The van der Waals surface area contributed by atoms with Gasteiger partial charge in [-0.1, -0.05) is 12.1 Å². The highest BCUT2D eigenvalue weighted by Crippen LogP contribution is 2.16. The third-order valence-corrected chi connectivity index (χ3v) is 2.88. The van der Waals surface area contributed by atoms with Gasteiger partial charge in [-0.25, -0.2) is 0 Å². The molecule has 0 fully saturated rings. The summed E-state index contributed by atoms with van der Waals surface area (Å²) in [4.78, 5) is 20.7. The smallest absolute Gasteiger partial charge is 0.253 e. The van der Waals surface area contributed by atoms with Crippen LogP contribution in [0.4, 0.5) is 5.69 Å². The van der Waals surface area contributed by atoms with Gasteiger partial charge in [0.15, 0.2) is 0 Å². The number of carbonyl (C=O) groups excluding carboxylic acids is 1. The van der Waals surface area contributed by atoms with Crippen LogP contribution in [0.2, 0.25) is 0 Å². The number of amides is 1. The SMILES string of the molecule is Cc1cnc(CNC(=O)c2ccccc2NC(C)C)cn1. The van der Waals surface area contributed by atoms with E-state index in [1.807, 2.05) is 39.0 Å². The Morgan fingerprint density at radius 2 is 1.95 bits per heavy atom. The molecule has 0 radical (unpaired) electrons. The van der Waals surface area contributed by atoms with E-state index < -0.39 is 0 Å². The van der Waals surface area contributed by atoms with Crippen LogP contribution in [0.3, 0.4) is 0 Å². The Hall–Kier alpha value is -2.43. The first kappa shape index (κ1) is 15.0. The van der Waals surface area contributed by atoms with Crippen LogP contribution in [0.15, 0.2) is 36.7 Å². The summed E-state index contributed by atoms with van der Waals surface area (Å²) < 4.78 is 0. The molecule has 5 nitrogen and oxygen atoms in total. The van der Waals surface area contributed by atoms with Crippen LogP contribution in [0.1, 0.15) is 35.6 Å². The number of benzene rings is 1. The molecule has 2 rings (SSSR count). The molecule has 0 aliphatic rings. The van der Waals surface area contributed by atoms with E-state index in [9.17, 15) is 4.79 Å². The van der Waals surface area contributed by atoms with Gasteiger partial charge >= 0.3 is 0 Å². The van der Waals surface area contributed by atoms with E-state index in [1.54, 1.807) is 18.5 Å². The average molecular weight is 284 g/mol. The van der Waals surface area contributed by atoms with Crippen molar-refractivity contribution < 1.29 is 4.79 Å². The summed E-state index contributed by atoms with van der Waals surface area (Å²) in [7, 11) is 0. The maximum absolute atomic E-state index is 12.3. The fourth-order valence-electron chi connectivity index (χ4n) is 1.89. The van der Waals surface area contributed by atoms with Crippen molar-refractivity contribution in [2.75, 3.05) is 5.32 Å². The van der Waals surface area contributed by atoms with Crippen LogP contribution < -0.4 is 10.6 Å². The second kappa shape index (κ2) is 6.83. The van der Waals surface area contributed by atoms with Crippen LogP contribution >= 0.6 is 0 Å². The molecule has 0 aliphatic heterocycles. The summed E-state index contributed by atoms with van der Waals surface area (Å²) in [6, 6.07) is 7.74. The Labute approximate surface area is 124 Å². The van der Waals surface area contributed by atoms with Gasteiger partial charge < -0.3 is 10.6 Å². The molecule has 1 aromatic heterocycles. The number of para-hydroxylation sites is 1. The van der Waals surface area contributed by atoms with Crippen molar-refractivity contribution in [3.8, 4) is 0 Å². The first-order valence-corrected chi connectivity index (χ1v) is 6.97. The highest BCUT2D eigenvalue weighted by molar-refractivity contribution is 5.99. The fourth-order valence-corrected chi connectivity index (χ4v) is 1.89. The van der Waals surface area contributed by atoms with Crippen LogP contribution in [0.25, 0.3) is 0 Å². The second-order valence-electron chi connectivity index (χ2n) is 5.18. The number of carbonyl (C=O) groups is 1. The van der Waals surface area contributed by atoms with Crippen molar-refractivity contribution in [2.45, 2.75) is 33.4 Å². The standard InChI is InChI=1S/C16H20N4O/c1-11(2)20-15-7-5-4-6-14(15)16(21)19-10-13-9-17-12(3)8-18-13/h4-9,11,20H,10H2,1-3H3,(H,19,21). The summed E-state index contributed by atoms with van der Waals surface area (Å²) in [6.45, 7) is 6.32. The first-order chi connectivity index (χ1) is 10.1. The monoisotopic (exact) mass is 284 g/mol. The highest BCUT2D eigenvalue weighted by atomic mass is 16.1. The minimum absolute atomic E-state index is 0.124. The molecule has 0 saturated carbocycles. The van der Waals surface area contributed by atoms with E-state index >= 15 is 0 Å². The summed E-state index contributed by atoms with van der Waals surface area (Å²) in [6.07, 6.45) is 3.36. The summed E-state index contributed by atoms with van der Waals surface area (Å²) in [5.74, 6) is -0.124. The molecule has 1 amide bonds. The topological polar surface area (TPSA) is 66.9 Å². The zero-order valence-corrected chi connectivity index (χ0v) is 12.6. The van der Waals surface area contributed by atoms with Gasteiger partial charge in [0.25, 0.3) is 5.91 Å². The lowest BCUT2D eigenvalue weighted by molar-refractivity contribution is 0.0951. The summed E-state index contributed by atoms with van der Waals surface area (Å²) >= 11 is 0. The number of hydrogen-bond donors (Lipinski definition) is 2. The van der Waals surface area contributed by atoms with Crippen LogP contribution in [-0.4, -0.2) is 21.9 Å². The molecule has 21 heavy (non-hydrogen) atoms. The van der Waals surface area contributed by atoms with Crippen molar-refractivity contribution in [1.29, 1.82) is 0 Å². The molecular formula is C16H20N4O. The largest absolute Gasteiger partial charge is 0.382 e. The molecule has 5 heteroatoms. The van der Waals surface area contributed by atoms with Crippen LogP contribution in [0, 0.1) is 6.92 Å². The molecule has 1 heterocycles. The molecule has 0 saturated heterocycles. The van der Waals surface area contributed by atoms with Gasteiger partial charge in [-0.3, -0.25) is 14.8 Å². The number of aromatic nitrogens is 2. The maximum Gasteiger partial charge on any atom is 0.253 e. The van der Waals surface area contributed by atoms with Crippen LogP contribution in [-0.2, 0) is 6.54 Å². The Balaban J connectivity index is 2.05. The average Bonchev–Trinajstić information content (AvgIpc) is 2.46. The second-order valence-corrected chi connectivity index (χ2v) is 5.18. The van der Waals surface area contributed by atoms with E-state index in [0.29, 0.717) is 12.1 Å². The van der Waals surface area contributed by atoms with E-state index in [4.69, 9.17) is 0 Å². The summed E-state index contributed by atoms with van der Waals surface area (Å²) in [5.41, 5.74) is 3.06. The number of anilines is 1. The van der Waals surface area contributed by atoms with Gasteiger partial charge in [0.2, 0.25) is 0 Å². The molecule has 1 aromatic carbocycles. The van der Waals surface area contributed by atoms with Gasteiger partial charge in [0.05, 0.1) is 29.7 Å². The van der Waals surface area contributed by atoms with Crippen molar-refractivity contribution in [1.82, 2.24) is 15.3 Å². The van der Waals surface area contributed by atoms with E-state index in [2.05, 4.69) is 20.6 Å². The highest BCUT2D eigenvalue weighted by Gasteiger charge is 2.11. The molecule has 110 valence electrons. The van der Waals surface area contributed by atoms with E-state index in [1.165, 1.54) is 0 Å². The predicted molar refractivity (Wildman–Crippen MR) is 83.1 cm³/mol. The Morgan fingerprint density at radius 1 is 1.19 bits per heavy atom. The minimum atomic E-state index is -0.124. The van der Waals surface area contributed by atoms with E-state index in [0.717, 1.165) is 17.1 Å². The van der Waals surface area contributed by atoms with Crippen molar-refractivity contribution in [3.63, 3.8) is 0 Å². The molecule has 0 unspecified atom stereocenters. The van der Waals surface area contributed by atoms with Gasteiger partial charge in [-0.15, -0.1) is 0 Å². The Bertz CT molecular complexity index is 608. The fraction of sp³-hybridized carbons (Fsp3) is 0.312. The molecule has 2 N–H and O–H groups in total. The lowest BCUT2D eigenvalue weighted by Gasteiger charge is -2.14. The third-order valence-electron chi connectivity index (χ3n) is 2.88. The quantitative estimate of drug-likeness (QED) is 0.885. The molecule has 2 aromatic rings. The van der Waals surface area contributed by atoms with Crippen molar-refractivity contribution >= 4 is 11.6 Å². The maximum atomic E-state index is 12.3. The lowest BCUT2D eigenvalue weighted by atomic mass is 10.1. The Morgan fingerprint density at radius 3 is 2.62 bits per heavy atom. The zero-order chi connectivity index (χ0) is 15.2. The summed E-state index contributed by atoms with van der Waals surface area (Å²) in [5, 5.41) is 6.14. The number of nitrogens with one attached hydrogen (secondary N) is 2. The zero-order valence-electron chi connectivity index (χ0n) is 12.6. The van der Waals surface area contributed by atoms with Gasteiger partial charge in [-0.2, -0.15) is 0 Å². The van der Waals surface area contributed by atoms with Crippen molar-refractivity contribution in [3.05, 3.63) is 53.6 Å². The van der Waals surface area contributed by atoms with Gasteiger partial charge in [0, 0.05) is 17.9 Å². The number of rotatable bonds is 5. The van der Waals surface area contributed by atoms with Gasteiger partial charge in [-0.05, 0) is 32.9 Å². The molecule has 0 spiro atoms. The minimum Gasteiger partial charge on any atom is -0.382 e.